The molecule has 2 amide bonds. The van der Waals surface area contributed by atoms with E-state index >= 15 is 0 Å². The van der Waals surface area contributed by atoms with E-state index in [2.05, 4.69) is 33.4 Å². The number of furan rings is 1. The number of carbonyl (C=O) groups is 2. The SMILES string of the molecule is O=C(C=Cc1ccco1)NNC(=O)c1ccccc1I. The Labute approximate surface area is 129 Å². The van der Waals surface area contributed by atoms with Gasteiger partial charge in [-0.3, -0.25) is 20.4 Å². The summed E-state index contributed by atoms with van der Waals surface area (Å²) in [6.45, 7) is 0. The molecule has 20 heavy (non-hydrogen) atoms. The van der Waals surface area contributed by atoms with Crippen LogP contribution in [0, 0.1) is 3.57 Å². The number of rotatable bonds is 3. The summed E-state index contributed by atoms with van der Waals surface area (Å²) in [5.74, 6) is -0.250. The fraction of sp³-hybridized carbons (Fsp3) is 0. The van der Waals surface area contributed by atoms with Gasteiger partial charge in [0.1, 0.15) is 5.76 Å². The molecule has 2 rings (SSSR count). The van der Waals surface area contributed by atoms with Crippen molar-refractivity contribution in [1.82, 2.24) is 10.9 Å². The highest BCUT2D eigenvalue weighted by Crippen LogP contribution is 2.10. The Balaban J connectivity index is 1.87. The zero-order valence-electron chi connectivity index (χ0n) is 10.3. The lowest BCUT2D eigenvalue weighted by atomic mass is 10.2. The first-order valence-electron chi connectivity index (χ1n) is 5.73. The largest absolute Gasteiger partial charge is 0.465 e. The molecule has 1 aromatic heterocycles. The summed E-state index contributed by atoms with van der Waals surface area (Å²) in [6.07, 6.45) is 4.29. The van der Waals surface area contributed by atoms with E-state index in [0.29, 0.717) is 11.3 Å². The predicted molar refractivity (Wildman–Crippen MR) is 82.5 cm³/mol. The average Bonchev–Trinajstić information content (AvgIpc) is 2.96. The third-order valence-electron chi connectivity index (χ3n) is 2.36. The van der Waals surface area contributed by atoms with Crippen molar-refractivity contribution < 1.29 is 14.0 Å². The van der Waals surface area contributed by atoms with Crippen LogP contribution in [0.1, 0.15) is 16.1 Å². The van der Waals surface area contributed by atoms with Crippen LogP contribution in [0.2, 0.25) is 0 Å². The lowest BCUT2D eigenvalue weighted by Crippen LogP contribution is -2.41. The molecule has 0 saturated carbocycles. The maximum atomic E-state index is 11.8. The number of benzene rings is 1. The second-order valence-electron chi connectivity index (χ2n) is 3.77. The van der Waals surface area contributed by atoms with E-state index in [0.717, 1.165) is 3.57 Å². The van der Waals surface area contributed by atoms with E-state index in [1.807, 2.05) is 12.1 Å². The fourth-order valence-electron chi connectivity index (χ4n) is 1.42. The van der Waals surface area contributed by atoms with Gasteiger partial charge in [0, 0.05) is 9.65 Å². The van der Waals surface area contributed by atoms with Crippen LogP contribution in [0.25, 0.3) is 6.08 Å². The minimum atomic E-state index is -0.444. The maximum Gasteiger partial charge on any atom is 0.270 e. The minimum Gasteiger partial charge on any atom is -0.465 e. The first-order chi connectivity index (χ1) is 9.66. The molecule has 0 aliphatic rings. The normalized spacial score (nSPS) is 10.4. The molecule has 0 unspecified atom stereocenters. The van der Waals surface area contributed by atoms with E-state index in [-0.39, 0.29) is 5.91 Å². The van der Waals surface area contributed by atoms with Gasteiger partial charge in [-0.25, -0.2) is 0 Å². The number of carbonyl (C=O) groups excluding carboxylic acids is 2. The number of halogens is 1. The molecule has 6 heteroatoms. The highest BCUT2D eigenvalue weighted by molar-refractivity contribution is 14.1. The molecule has 0 saturated heterocycles. The molecule has 0 bridgehead atoms. The Bertz CT molecular complexity index is 636. The lowest BCUT2D eigenvalue weighted by Gasteiger charge is -2.06. The summed E-state index contributed by atoms with van der Waals surface area (Å²) in [4.78, 5) is 23.3. The minimum absolute atomic E-state index is 0.366. The summed E-state index contributed by atoms with van der Waals surface area (Å²) >= 11 is 2.06. The quantitative estimate of drug-likeness (QED) is 0.487. The van der Waals surface area contributed by atoms with Crippen molar-refractivity contribution in [3.63, 3.8) is 0 Å². The van der Waals surface area contributed by atoms with Gasteiger partial charge in [-0.2, -0.15) is 0 Å². The van der Waals surface area contributed by atoms with Gasteiger partial charge in [0.05, 0.1) is 11.8 Å². The second-order valence-corrected chi connectivity index (χ2v) is 4.93. The molecular formula is C14H11IN2O3. The molecule has 0 aliphatic heterocycles. The monoisotopic (exact) mass is 382 g/mol. The Morgan fingerprint density at radius 1 is 1.10 bits per heavy atom. The van der Waals surface area contributed by atoms with Gasteiger partial charge >= 0.3 is 0 Å². The van der Waals surface area contributed by atoms with Gasteiger partial charge in [-0.1, -0.05) is 12.1 Å². The highest BCUT2D eigenvalue weighted by Gasteiger charge is 2.08. The van der Waals surface area contributed by atoms with Crippen molar-refractivity contribution in [3.05, 3.63) is 63.6 Å². The Morgan fingerprint density at radius 2 is 1.90 bits per heavy atom. The van der Waals surface area contributed by atoms with Crippen molar-refractivity contribution in [3.8, 4) is 0 Å². The molecule has 0 fully saturated rings. The van der Waals surface area contributed by atoms with Crippen LogP contribution < -0.4 is 10.9 Å². The highest BCUT2D eigenvalue weighted by atomic mass is 127. The summed E-state index contributed by atoms with van der Waals surface area (Å²) in [5, 5.41) is 0. The van der Waals surface area contributed by atoms with Crippen LogP contribution in [-0.4, -0.2) is 11.8 Å². The van der Waals surface area contributed by atoms with Gasteiger partial charge in [0.2, 0.25) is 0 Å². The van der Waals surface area contributed by atoms with E-state index in [9.17, 15) is 9.59 Å². The predicted octanol–water partition coefficient (Wildman–Crippen LogP) is 2.36. The van der Waals surface area contributed by atoms with Crippen LogP contribution in [0.15, 0.2) is 53.2 Å². The second kappa shape index (κ2) is 6.90. The zero-order valence-corrected chi connectivity index (χ0v) is 12.5. The zero-order chi connectivity index (χ0) is 14.4. The van der Waals surface area contributed by atoms with Gasteiger partial charge in [-0.15, -0.1) is 0 Å². The van der Waals surface area contributed by atoms with Crippen LogP contribution >= 0.6 is 22.6 Å². The van der Waals surface area contributed by atoms with Crippen molar-refractivity contribution in [2.24, 2.45) is 0 Å². The summed E-state index contributed by atoms with van der Waals surface area (Å²) in [6, 6.07) is 10.5. The first kappa shape index (κ1) is 14.3. The van der Waals surface area contributed by atoms with E-state index in [1.165, 1.54) is 18.4 Å². The van der Waals surface area contributed by atoms with Crippen LogP contribution in [0.3, 0.4) is 0 Å². The number of hydrazine groups is 1. The smallest absolute Gasteiger partial charge is 0.270 e. The lowest BCUT2D eigenvalue weighted by molar-refractivity contribution is -0.117. The Hall–Kier alpha value is -2.09. The van der Waals surface area contributed by atoms with Gasteiger partial charge in [0.25, 0.3) is 11.8 Å². The van der Waals surface area contributed by atoms with Gasteiger partial charge in [0.15, 0.2) is 0 Å². The molecule has 1 aromatic carbocycles. The molecule has 0 atom stereocenters. The molecule has 102 valence electrons. The number of hydrogen-bond donors (Lipinski definition) is 2. The summed E-state index contributed by atoms with van der Waals surface area (Å²) in [5.41, 5.74) is 5.15. The molecule has 1 heterocycles. The van der Waals surface area contributed by atoms with Crippen LogP contribution in [-0.2, 0) is 4.79 Å². The number of nitrogens with one attached hydrogen (secondary N) is 2. The molecule has 2 aromatic rings. The number of amides is 2. The van der Waals surface area contributed by atoms with Gasteiger partial charge < -0.3 is 4.42 Å². The molecule has 0 spiro atoms. The first-order valence-corrected chi connectivity index (χ1v) is 6.81. The van der Waals surface area contributed by atoms with Crippen molar-refractivity contribution in [1.29, 1.82) is 0 Å². The average molecular weight is 382 g/mol. The molecular weight excluding hydrogens is 371 g/mol. The standard InChI is InChI=1S/C14H11IN2O3/c15-12-6-2-1-5-11(12)14(19)17-16-13(18)8-7-10-4-3-9-20-10/h1-9H,(H,16,18)(H,17,19). The van der Waals surface area contributed by atoms with Crippen LogP contribution in [0.4, 0.5) is 0 Å². The fourth-order valence-corrected chi connectivity index (χ4v) is 2.05. The van der Waals surface area contributed by atoms with Crippen molar-refractivity contribution in [2.75, 3.05) is 0 Å². The maximum absolute atomic E-state index is 11.8. The number of hydrogen-bond acceptors (Lipinski definition) is 3. The third kappa shape index (κ3) is 3.95. The van der Waals surface area contributed by atoms with Crippen molar-refractivity contribution in [2.45, 2.75) is 0 Å². The molecule has 5 nitrogen and oxygen atoms in total. The van der Waals surface area contributed by atoms with Crippen molar-refractivity contribution >= 4 is 40.5 Å². The topological polar surface area (TPSA) is 71.3 Å². The Kier molecular flexibility index (Phi) is 4.94. The van der Waals surface area contributed by atoms with Gasteiger partial charge in [-0.05, 0) is 52.9 Å². The van der Waals surface area contributed by atoms with E-state index in [4.69, 9.17) is 4.42 Å². The Morgan fingerprint density at radius 3 is 2.60 bits per heavy atom. The summed E-state index contributed by atoms with van der Waals surface area (Å²) < 4.78 is 5.85. The molecule has 2 N–H and O–H groups in total. The third-order valence-corrected chi connectivity index (χ3v) is 3.30. The van der Waals surface area contributed by atoms with E-state index in [1.54, 1.807) is 24.3 Å². The van der Waals surface area contributed by atoms with E-state index < -0.39 is 5.91 Å². The molecule has 0 radical (unpaired) electrons. The summed E-state index contributed by atoms with van der Waals surface area (Å²) in [7, 11) is 0. The molecule has 0 aliphatic carbocycles. The van der Waals surface area contributed by atoms with Crippen LogP contribution in [0.5, 0.6) is 0 Å².